The molecule has 2 nitrogen and oxygen atoms in total. The highest BCUT2D eigenvalue weighted by atomic mass is 35.5. The highest BCUT2D eigenvalue weighted by Crippen LogP contribution is 2.38. The minimum absolute atomic E-state index is 0.126. The molecule has 1 heterocycles. The lowest BCUT2D eigenvalue weighted by atomic mass is 9.74. The molecule has 1 aliphatic heterocycles. The minimum Gasteiger partial charge on any atom is -0.381 e. The van der Waals surface area contributed by atoms with Gasteiger partial charge in [-0.15, -0.1) is 0 Å². The van der Waals surface area contributed by atoms with Gasteiger partial charge in [-0.2, -0.15) is 0 Å². The molecule has 0 aliphatic carbocycles. The van der Waals surface area contributed by atoms with Crippen LogP contribution in [0.3, 0.4) is 0 Å². The first kappa shape index (κ1) is 13.9. The highest BCUT2D eigenvalue weighted by molar-refractivity contribution is 6.31. The number of benzene rings is 1. The predicted octanol–water partition coefficient (Wildman–Crippen LogP) is 3.39. The van der Waals surface area contributed by atoms with Crippen LogP contribution in [-0.2, 0) is 10.2 Å². The van der Waals surface area contributed by atoms with E-state index in [-0.39, 0.29) is 5.41 Å². The molecule has 1 N–H and O–H groups in total. The lowest BCUT2D eigenvalue weighted by Crippen LogP contribution is -2.44. The lowest BCUT2D eigenvalue weighted by Gasteiger charge is -2.39. The molecule has 0 unspecified atom stereocenters. The van der Waals surface area contributed by atoms with E-state index < -0.39 is 0 Å². The van der Waals surface area contributed by atoms with Crippen LogP contribution >= 0.6 is 11.6 Å². The second-order valence-electron chi connectivity index (χ2n) is 5.41. The second-order valence-corrected chi connectivity index (χ2v) is 5.82. The van der Waals surface area contributed by atoms with Gasteiger partial charge in [-0.25, -0.2) is 0 Å². The van der Waals surface area contributed by atoms with Crippen molar-refractivity contribution in [3.05, 3.63) is 34.9 Å². The highest BCUT2D eigenvalue weighted by Gasteiger charge is 2.35. The topological polar surface area (TPSA) is 21.3 Å². The zero-order valence-electron chi connectivity index (χ0n) is 11.2. The number of halogens is 1. The van der Waals surface area contributed by atoms with Crippen molar-refractivity contribution in [1.82, 2.24) is 5.32 Å². The van der Waals surface area contributed by atoms with E-state index >= 15 is 0 Å². The van der Waals surface area contributed by atoms with E-state index in [2.05, 4.69) is 31.3 Å². The molecule has 1 aliphatic rings. The van der Waals surface area contributed by atoms with Gasteiger partial charge in [-0.1, -0.05) is 43.6 Å². The third kappa shape index (κ3) is 3.05. The first-order valence-corrected chi connectivity index (χ1v) is 7.08. The average Bonchev–Trinajstić information content (AvgIpc) is 2.38. The van der Waals surface area contributed by atoms with Gasteiger partial charge < -0.3 is 10.1 Å². The van der Waals surface area contributed by atoms with Gasteiger partial charge >= 0.3 is 0 Å². The van der Waals surface area contributed by atoms with Crippen molar-refractivity contribution in [1.29, 1.82) is 0 Å². The molecular formula is C15H22ClNO. The van der Waals surface area contributed by atoms with E-state index in [1.807, 2.05) is 12.1 Å². The summed E-state index contributed by atoms with van der Waals surface area (Å²) in [7, 11) is 0. The van der Waals surface area contributed by atoms with E-state index in [1.54, 1.807) is 0 Å². The first-order chi connectivity index (χ1) is 8.64. The van der Waals surface area contributed by atoms with Crippen molar-refractivity contribution in [2.45, 2.75) is 38.1 Å². The fourth-order valence-electron chi connectivity index (χ4n) is 2.59. The number of hydrogen-bond donors (Lipinski definition) is 1. The Hall–Kier alpha value is -0.570. The molecule has 0 saturated carbocycles. The fraction of sp³-hybridized carbons (Fsp3) is 0.600. The second kappa shape index (κ2) is 6.05. The Morgan fingerprint density at radius 1 is 1.28 bits per heavy atom. The molecule has 100 valence electrons. The minimum atomic E-state index is 0.126. The van der Waals surface area contributed by atoms with Crippen molar-refractivity contribution in [2.75, 3.05) is 19.8 Å². The van der Waals surface area contributed by atoms with Crippen molar-refractivity contribution in [2.24, 2.45) is 0 Å². The summed E-state index contributed by atoms with van der Waals surface area (Å²) < 4.78 is 5.52. The molecule has 3 heteroatoms. The summed E-state index contributed by atoms with van der Waals surface area (Å²) in [5.41, 5.74) is 1.39. The number of hydrogen-bond acceptors (Lipinski definition) is 2. The maximum absolute atomic E-state index is 6.39. The van der Waals surface area contributed by atoms with Crippen LogP contribution in [0.4, 0.5) is 0 Å². The Bertz CT molecular complexity index is 386. The molecule has 0 amide bonds. The largest absolute Gasteiger partial charge is 0.381 e. The molecule has 2 rings (SSSR count). The van der Waals surface area contributed by atoms with Crippen LogP contribution in [0.25, 0.3) is 0 Å². The van der Waals surface area contributed by atoms with Crippen molar-refractivity contribution in [3.63, 3.8) is 0 Å². The van der Waals surface area contributed by atoms with E-state index in [4.69, 9.17) is 16.3 Å². The summed E-state index contributed by atoms with van der Waals surface area (Å²) in [6.45, 7) is 6.98. The Morgan fingerprint density at radius 2 is 1.94 bits per heavy atom. The molecule has 0 aromatic heterocycles. The number of rotatable bonds is 4. The van der Waals surface area contributed by atoms with Crippen LogP contribution in [0.5, 0.6) is 0 Å². The fourth-order valence-corrected chi connectivity index (χ4v) is 2.93. The smallest absolute Gasteiger partial charge is 0.0475 e. The van der Waals surface area contributed by atoms with Gasteiger partial charge in [0.2, 0.25) is 0 Å². The van der Waals surface area contributed by atoms with Gasteiger partial charge in [0, 0.05) is 36.2 Å². The van der Waals surface area contributed by atoms with Crippen molar-refractivity contribution >= 4 is 11.6 Å². The van der Waals surface area contributed by atoms with Gasteiger partial charge in [0.05, 0.1) is 0 Å². The van der Waals surface area contributed by atoms with Gasteiger partial charge in [0.25, 0.3) is 0 Å². The molecule has 18 heavy (non-hydrogen) atoms. The molecule has 1 aromatic rings. The summed E-state index contributed by atoms with van der Waals surface area (Å²) in [4.78, 5) is 0. The van der Waals surface area contributed by atoms with E-state index in [9.17, 15) is 0 Å². The molecule has 0 bridgehead atoms. The summed E-state index contributed by atoms with van der Waals surface area (Å²) in [5.74, 6) is 0. The third-order valence-electron chi connectivity index (χ3n) is 3.74. The standard InChI is InChI=1S/C15H22ClNO/c1-12(2)17-11-15(7-9-18-10-8-15)13-5-3-4-6-14(13)16/h3-6,12,17H,7-11H2,1-2H3. The Balaban J connectivity index is 2.26. The van der Waals surface area contributed by atoms with Crippen molar-refractivity contribution < 1.29 is 4.74 Å². The SMILES string of the molecule is CC(C)NCC1(c2ccccc2Cl)CCOCC1. The summed E-state index contributed by atoms with van der Waals surface area (Å²) in [6, 6.07) is 8.72. The van der Waals surface area contributed by atoms with Crippen LogP contribution in [0, 0.1) is 0 Å². The zero-order valence-corrected chi connectivity index (χ0v) is 12.0. The van der Waals surface area contributed by atoms with Crippen LogP contribution in [0.15, 0.2) is 24.3 Å². The van der Waals surface area contributed by atoms with Crippen LogP contribution in [0.2, 0.25) is 5.02 Å². The first-order valence-electron chi connectivity index (χ1n) is 6.70. The van der Waals surface area contributed by atoms with E-state index in [0.717, 1.165) is 37.6 Å². The van der Waals surface area contributed by atoms with Crippen LogP contribution in [-0.4, -0.2) is 25.8 Å². The maximum atomic E-state index is 6.39. The third-order valence-corrected chi connectivity index (χ3v) is 4.07. The molecule has 1 saturated heterocycles. The molecule has 0 atom stereocenters. The van der Waals surface area contributed by atoms with Crippen LogP contribution < -0.4 is 5.32 Å². The van der Waals surface area contributed by atoms with E-state index in [0.29, 0.717) is 6.04 Å². The molecule has 1 fully saturated rings. The zero-order chi connectivity index (χ0) is 13.0. The molecule has 1 aromatic carbocycles. The Labute approximate surface area is 115 Å². The van der Waals surface area contributed by atoms with Crippen LogP contribution in [0.1, 0.15) is 32.3 Å². The Kier molecular flexibility index (Phi) is 4.66. The summed E-state index contributed by atoms with van der Waals surface area (Å²) >= 11 is 6.39. The summed E-state index contributed by atoms with van der Waals surface area (Å²) in [6.07, 6.45) is 2.08. The van der Waals surface area contributed by atoms with E-state index in [1.165, 1.54) is 5.56 Å². The Morgan fingerprint density at radius 3 is 2.56 bits per heavy atom. The molecule has 0 radical (unpaired) electrons. The molecular weight excluding hydrogens is 246 g/mol. The molecule has 0 spiro atoms. The maximum Gasteiger partial charge on any atom is 0.0475 e. The lowest BCUT2D eigenvalue weighted by molar-refractivity contribution is 0.0492. The number of ether oxygens (including phenoxy) is 1. The number of nitrogens with one attached hydrogen (secondary N) is 1. The van der Waals surface area contributed by atoms with Crippen molar-refractivity contribution in [3.8, 4) is 0 Å². The predicted molar refractivity (Wildman–Crippen MR) is 76.3 cm³/mol. The van der Waals surface area contributed by atoms with Gasteiger partial charge in [-0.3, -0.25) is 0 Å². The quantitative estimate of drug-likeness (QED) is 0.903. The van der Waals surface area contributed by atoms with Gasteiger partial charge in [0.15, 0.2) is 0 Å². The average molecular weight is 268 g/mol. The normalized spacial score (nSPS) is 19.1. The van der Waals surface area contributed by atoms with Gasteiger partial charge in [-0.05, 0) is 24.5 Å². The summed E-state index contributed by atoms with van der Waals surface area (Å²) in [5, 5.41) is 4.45. The monoisotopic (exact) mass is 267 g/mol. The van der Waals surface area contributed by atoms with Gasteiger partial charge in [0.1, 0.15) is 0 Å².